The summed E-state index contributed by atoms with van der Waals surface area (Å²) in [6.07, 6.45) is 0. The molecular formula is C20H14ClNOS2. The van der Waals surface area contributed by atoms with Crippen LogP contribution in [0.3, 0.4) is 0 Å². The van der Waals surface area contributed by atoms with E-state index in [2.05, 4.69) is 24.3 Å². The first-order valence-corrected chi connectivity index (χ1v) is 10.0. The van der Waals surface area contributed by atoms with Crippen molar-refractivity contribution in [3.63, 3.8) is 0 Å². The number of thiophene rings is 1. The van der Waals surface area contributed by atoms with Gasteiger partial charge in [0.05, 0.1) is 4.88 Å². The van der Waals surface area contributed by atoms with Crippen molar-refractivity contribution in [3.8, 4) is 22.1 Å². The molecule has 2 aromatic heterocycles. The molecule has 124 valence electrons. The molecule has 4 rings (SSSR count). The first kappa shape index (κ1) is 16.5. The van der Waals surface area contributed by atoms with Crippen LogP contribution in [0.25, 0.3) is 22.1 Å². The van der Waals surface area contributed by atoms with E-state index in [-0.39, 0.29) is 0 Å². The molecule has 2 heterocycles. The van der Waals surface area contributed by atoms with Crippen molar-refractivity contribution in [1.29, 1.82) is 0 Å². The van der Waals surface area contributed by atoms with Crippen molar-refractivity contribution in [2.24, 2.45) is 0 Å². The third kappa shape index (κ3) is 3.82. The summed E-state index contributed by atoms with van der Waals surface area (Å²) in [6.45, 7) is 0. The maximum Gasteiger partial charge on any atom is 0.238 e. The molecule has 0 saturated carbocycles. The second-order valence-electron chi connectivity index (χ2n) is 5.41. The second-order valence-corrected chi connectivity index (χ2v) is 7.76. The van der Waals surface area contributed by atoms with Crippen molar-refractivity contribution in [2.45, 2.75) is 10.8 Å². The normalized spacial score (nSPS) is 10.9. The van der Waals surface area contributed by atoms with E-state index in [1.807, 2.05) is 47.8 Å². The highest BCUT2D eigenvalue weighted by Gasteiger charge is 2.17. The van der Waals surface area contributed by atoms with Gasteiger partial charge in [0.15, 0.2) is 5.76 Å². The van der Waals surface area contributed by atoms with Crippen LogP contribution in [0, 0.1) is 0 Å². The fourth-order valence-electron chi connectivity index (χ4n) is 2.42. The zero-order valence-electron chi connectivity index (χ0n) is 13.2. The molecule has 0 amide bonds. The maximum absolute atomic E-state index is 6.11. The van der Waals surface area contributed by atoms with Crippen molar-refractivity contribution >= 4 is 34.7 Å². The van der Waals surface area contributed by atoms with Crippen LogP contribution in [0.1, 0.15) is 5.56 Å². The summed E-state index contributed by atoms with van der Waals surface area (Å²) in [5.41, 5.74) is 2.24. The van der Waals surface area contributed by atoms with Crippen LogP contribution in [0.5, 0.6) is 0 Å². The largest absolute Gasteiger partial charge is 0.434 e. The number of oxazole rings is 1. The Morgan fingerprint density at radius 2 is 1.76 bits per heavy atom. The number of nitrogens with zero attached hydrogens (tertiary/aromatic N) is 1. The van der Waals surface area contributed by atoms with Gasteiger partial charge in [0.1, 0.15) is 5.03 Å². The molecule has 2 aromatic carbocycles. The highest BCUT2D eigenvalue weighted by molar-refractivity contribution is 7.98. The molecule has 25 heavy (non-hydrogen) atoms. The van der Waals surface area contributed by atoms with Crippen LogP contribution in [0.2, 0.25) is 5.02 Å². The third-order valence-electron chi connectivity index (χ3n) is 3.65. The van der Waals surface area contributed by atoms with Crippen molar-refractivity contribution in [3.05, 3.63) is 82.7 Å². The average Bonchev–Trinajstić information content (AvgIpc) is 3.31. The molecule has 0 N–H and O–H groups in total. The lowest BCUT2D eigenvalue weighted by Gasteiger charge is -2.02. The van der Waals surface area contributed by atoms with Gasteiger partial charge in [-0.2, -0.15) is 0 Å². The summed E-state index contributed by atoms with van der Waals surface area (Å²) in [5, 5.41) is 3.63. The van der Waals surface area contributed by atoms with Gasteiger partial charge in [0, 0.05) is 16.3 Å². The van der Waals surface area contributed by atoms with E-state index in [1.54, 1.807) is 23.1 Å². The van der Waals surface area contributed by atoms with Gasteiger partial charge in [-0.25, -0.2) is 4.98 Å². The molecule has 5 heteroatoms. The molecule has 0 unspecified atom stereocenters. The first-order valence-electron chi connectivity index (χ1n) is 7.77. The Bertz CT molecular complexity index is 947. The highest BCUT2D eigenvalue weighted by atomic mass is 35.5. The molecule has 0 spiro atoms. The number of halogens is 1. The molecule has 0 fully saturated rings. The molecule has 4 aromatic rings. The Labute approximate surface area is 159 Å². The van der Waals surface area contributed by atoms with E-state index in [0.717, 1.165) is 27.0 Å². The lowest BCUT2D eigenvalue weighted by molar-refractivity contribution is 0.588. The van der Waals surface area contributed by atoms with Gasteiger partial charge in [0.2, 0.25) is 5.89 Å². The van der Waals surface area contributed by atoms with E-state index >= 15 is 0 Å². The minimum Gasteiger partial charge on any atom is -0.434 e. The van der Waals surface area contributed by atoms with Crippen LogP contribution >= 0.6 is 34.7 Å². The lowest BCUT2D eigenvalue weighted by Crippen LogP contribution is -1.82. The topological polar surface area (TPSA) is 26.0 Å². The average molecular weight is 384 g/mol. The number of hydrogen-bond acceptors (Lipinski definition) is 4. The summed E-state index contributed by atoms with van der Waals surface area (Å²) >= 11 is 9.32. The SMILES string of the molecule is Clc1ccc(-c2oc(-c3cccs3)nc2SCc2ccccc2)cc1. The predicted molar refractivity (Wildman–Crippen MR) is 106 cm³/mol. The highest BCUT2D eigenvalue weighted by Crippen LogP contribution is 2.38. The molecular weight excluding hydrogens is 370 g/mol. The minimum atomic E-state index is 0.663. The molecule has 0 atom stereocenters. The number of benzene rings is 2. The summed E-state index contributed by atoms with van der Waals surface area (Å²) in [4.78, 5) is 5.77. The Hall–Kier alpha value is -2.01. The van der Waals surface area contributed by atoms with Crippen LogP contribution in [0.4, 0.5) is 0 Å². The Morgan fingerprint density at radius 1 is 0.960 bits per heavy atom. The molecule has 0 aliphatic rings. The number of aromatic nitrogens is 1. The molecule has 2 nitrogen and oxygen atoms in total. The van der Waals surface area contributed by atoms with Gasteiger partial charge < -0.3 is 4.42 Å². The van der Waals surface area contributed by atoms with Crippen LogP contribution in [0.15, 0.2) is 81.6 Å². The first-order chi connectivity index (χ1) is 12.3. The van der Waals surface area contributed by atoms with Crippen molar-refractivity contribution in [1.82, 2.24) is 4.98 Å². The summed E-state index contributed by atoms with van der Waals surface area (Å²) < 4.78 is 6.11. The van der Waals surface area contributed by atoms with Gasteiger partial charge in [-0.05, 0) is 41.3 Å². The number of rotatable bonds is 5. The van der Waals surface area contributed by atoms with Crippen LogP contribution in [-0.2, 0) is 5.75 Å². The molecule has 0 aliphatic carbocycles. The van der Waals surface area contributed by atoms with Gasteiger partial charge >= 0.3 is 0 Å². The monoisotopic (exact) mass is 383 g/mol. The van der Waals surface area contributed by atoms with Crippen LogP contribution < -0.4 is 0 Å². The van der Waals surface area contributed by atoms with Crippen LogP contribution in [-0.4, -0.2) is 4.98 Å². The lowest BCUT2D eigenvalue weighted by atomic mass is 10.2. The zero-order chi connectivity index (χ0) is 17.1. The summed E-state index contributed by atoms with van der Waals surface area (Å²) in [7, 11) is 0. The molecule has 0 aliphatic heterocycles. The Kier molecular flexibility index (Phi) is 4.92. The second kappa shape index (κ2) is 7.48. The smallest absolute Gasteiger partial charge is 0.238 e. The van der Waals surface area contributed by atoms with E-state index < -0.39 is 0 Å². The van der Waals surface area contributed by atoms with Gasteiger partial charge in [0.25, 0.3) is 0 Å². The zero-order valence-corrected chi connectivity index (χ0v) is 15.6. The molecule has 0 bridgehead atoms. The number of thioether (sulfide) groups is 1. The van der Waals surface area contributed by atoms with Gasteiger partial charge in [-0.1, -0.05) is 59.8 Å². The predicted octanol–water partition coefficient (Wildman–Crippen LogP) is 7.02. The minimum absolute atomic E-state index is 0.663. The standard InChI is InChI=1S/C20H14ClNOS2/c21-16-10-8-15(9-11-16)18-20(25-13-14-5-2-1-3-6-14)22-19(23-18)17-7-4-12-24-17/h1-12H,13H2. The fraction of sp³-hybridized carbons (Fsp3) is 0.0500. The maximum atomic E-state index is 6.11. The third-order valence-corrected chi connectivity index (χ3v) is 5.79. The Balaban J connectivity index is 1.69. The van der Waals surface area contributed by atoms with E-state index in [0.29, 0.717) is 10.9 Å². The summed E-state index contributed by atoms with van der Waals surface area (Å²) in [6, 6.07) is 22.1. The van der Waals surface area contributed by atoms with Gasteiger partial charge in [-0.3, -0.25) is 0 Å². The molecule has 0 saturated heterocycles. The van der Waals surface area contributed by atoms with Crippen molar-refractivity contribution < 1.29 is 4.42 Å². The fourth-order valence-corrected chi connectivity index (χ4v) is 4.13. The molecule has 0 radical (unpaired) electrons. The quantitative estimate of drug-likeness (QED) is 0.346. The van der Waals surface area contributed by atoms with E-state index in [9.17, 15) is 0 Å². The van der Waals surface area contributed by atoms with Gasteiger partial charge in [-0.15, -0.1) is 11.3 Å². The van der Waals surface area contributed by atoms with Crippen molar-refractivity contribution in [2.75, 3.05) is 0 Å². The summed E-state index contributed by atoms with van der Waals surface area (Å²) in [5.74, 6) is 2.30. The number of hydrogen-bond donors (Lipinski definition) is 0. The van der Waals surface area contributed by atoms with E-state index in [4.69, 9.17) is 21.0 Å². The van der Waals surface area contributed by atoms with E-state index in [1.165, 1.54) is 5.56 Å². The Morgan fingerprint density at radius 3 is 2.48 bits per heavy atom.